The second-order valence-corrected chi connectivity index (χ2v) is 1.87. The number of carbonyl (C=O) groups excluding carboxylic acids is 1. The average Bonchev–Trinajstić information content (AvgIpc) is 2.03. The number of aliphatic hydroxyl groups is 1. The van der Waals surface area contributed by atoms with Crippen LogP contribution in [-0.4, -0.2) is 24.8 Å². The van der Waals surface area contributed by atoms with E-state index in [9.17, 15) is 4.79 Å². The first-order valence-corrected chi connectivity index (χ1v) is 3.13. The van der Waals surface area contributed by atoms with Gasteiger partial charge in [-0.05, 0) is 0 Å². The largest absolute Gasteiger partial charge is 0.465 e. The van der Waals surface area contributed by atoms with Crippen molar-refractivity contribution >= 4 is 17.6 Å². The third-order valence-corrected chi connectivity index (χ3v) is 1.02. The molecule has 0 aromatic carbocycles. The molecule has 0 aliphatic rings. The van der Waals surface area contributed by atoms with E-state index in [4.69, 9.17) is 16.7 Å². The van der Waals surface area contributed by atoms with Crippen LogP contribution >= 0.6 is 11.6 Å². The highest BCUT2D eigenvalue weighted by Gasteiger charge is 2.02. The van der Waals surface area contributed by atoms with Gasteiger partial charge in [0.05, 0.1) is 7.11 Å². The number of halogens is 1. The van der Waals surface area contributed by atoms with Crippen LogP contribution in [0.3, 0.4) is 0 Å². The molecule has 0 fully saturated rings. The zero-order chi connectivity index (χ0) is 8.69. The fourth-order valence-corrected chi connectivity index (χ4v) is 0.448. The van der Waals surface area contributed by atoms with Crippen LogP contribution < -0.4 is 0 Å². The number of allylic oxidation sites excluding steroid dienone is 1. The van der Waals surface area contributed by atoms with Crippen molar-refractivity contribution in [2.45, 2.75) is 0 Å². The fraction of sp³-hybridized carbons (Fsp3) is 0.286. The van der Waals surface area contributed by atoms with Gasteiger partial charge in [-0.1, -0.05) is 23.4 Å². The molecular weight excluding hydrogens is 168 g/mol. The second kappa shape index (κ2) is 5.78. The molecular formula is C7H7ClO3. The Morgan fingerprint density at radius 2 is 2.45 bits per heavy atom. The van der Waals surface area contributed by atoms with Crippen molar-refractivity contribution in [2.75, 3.05) is 13.7 Å². The van der Waals surface area contributed by atoms with Gasteiger partial charge in [0.2, 0.25) is 0 Å². The van der Waals surface area contributed by atoms with Gasteiger partial charge in [-0.25, -0.2) is 4.79 Å². The quantitative estimate of drug-likeness (QED) is 0.353. The highest BCUT2D eigenvalue weighted by Crippen LogP contribution is 2.01. The van der Waals surface area contributed by atoms with Crippen LogP contribution in [-0.2, 0) is 9.53 Å². The first-order valence-electron chi connectivity index (χ1n) is 2.75. The smallest absolute Gasteiger partial charge is 0.350 e. The highest BCUT2D eigenvalue weighted by molar-refractivity contribution is 6.41. The van der Waals surface area contributed by atoms with E-state index < -0.39 is 5.97 Å². The standard InChI is InChI=1S/C7H7ClO3/c1-11-7(10)6(8)4-2-3-5-9/h4,9H,5H2,1H3. The lowest BCUT2D eigenvalue weighted by molar-refractivity contribution is -0.135. The first kappa shape index (κ1) is 10.0. The summed E-state index contributed by atoms with van der Waals surface area (Å²) in [5.74, 6) is 4.01. The molecule has 1 N–H and O–H groups in total. The minimum absolute atomic E-state index is 0.103. The summed E-state index contributed by atoms with van der Waals surface area (Å²) in [6.45, 7) is -0.262. The van der Waals surface area contributed by atoms with Crippen molar-refractivity contribution in [1.82, 2.24) is 0 Å². The molecule has 0 aromatic heterocycles. The van der Waals surface area contributed by atoms with E-state index in [0.717, 1.165) is 0 Å². The molecule has 0 aliphatic heterocycles. The molecule has 0 saturated heterocycles. The summed E-state index contributed by atoms with van der Waals surface area (Å²) < 4.78 is 4.27. The minimum Gasteiger partial charge on any atom is -0.465 e. The molecule has 3 nitrogen and oxygen atoms in total. The van der Waals surface area contributed by atoms with Crippen LogP contribution in [0.25, 0.3) is 0 Å². The Labute approximate surface area is 69.6 Å². The van der Waals surface area contributed by atoms with Gasteiger partial charge in [-0.15, -0.1) is 0 Å². The van der Waals surface area contributed by atoms with Gasteiger partial charge in [0.25, 0.3) is 0 Å². The molecule has 0 rings (SSSR count). The summed E-state index contributed by atoms with van der Waals surface area (Å²) in [6, 6.07) is 0. The van der Waals surface area contributed by atoms with Crippen LogP contribution in [0.1, 0.15) is 0 Å². The maximum atomic E-state index is 10.6. The molecule has 0 saturated carbocycles. The van der Waals surface area contributed by atoms with Crippen molar-refractivity contribution in [3.63, 3.8) is 0 Å². The molecule has 0 radical (unpaired) electrons. The zero-order valence-corrected chi connectivity index (χ0v) is 6.68. The van der Waals surface area contributed by atoms with Gasteiger partial charge in [0.15, 0.2) is 0 Å². The Kier molecular flexibility index (Phi) is 5.26. The van der Waals surface area contributed by atoms with Gasteiger partial charge in [0.1, 0.15) is 11.6 Å². The molecule has 4 heteroatoms. The summed E-state index contributed by atoms with van der Waals surface area (Å²) in [7, 11) is 1.22. The van der Waals surface area contributed by atoms with E-state index >= 15 is 0 Å². The number of esters is 1. The predicted octanol–water partition coefficient (Wildman–Crippen LogP) is 0.278. The van der Waals surface area contributed by atoms with Gasteiger partial charge in [-0.2, -0.15) is 0 Å². The molecule has 60 valence electrons. The molecule has 0 heterocycles. The number of carbonyl (C=O) groups is 1. The van der Waals surface area contributed by atoms with Crippen LogP contribution in [0.2, 0.25) is 0 Å². The Morgan fingerprint density at radius 3 is 2.91 bits per heavy atom. The highest BCUT2D eigenvalue weighted by atomic mass is 35.5. The maximum absolute atomic E-state index is 10.6. The molecule has 0 amide bonds. The van der Waals surface area contributed by atoms with E-state index in [1.165, 1.54) is 13.2 Å². The Morgan fingerprint density at radius 1 is 1.82 bits per heavy atom. The number of methoxy groups -OCH3 is 1. The Hall–Kier alpha value is -0.980. The normalized spacial score (nSPS) is 9.91. The lowest BCUT2D eigenvalue weighted by atomic mass is 10.5. The average molecular weight is 175 g/mol. The lowest BCUT2D eigenvalue weighted by Crippen LogP contribution is -1.98. The van der Waals surface area contributed by atoms with E-state index in [-0.39, 0.29) is 11.6 Å². The van der Waals surface area contributed by atoms with Crippen LogP contribution in [0.15, 0.2) is 11.1 Å². The molecule has 11 heavy (non-hydrogen) atoms. The summed E-state index contributed by atoms with van der Waals surface area (Å²) in [6.07, 6.45) is 1.17. The Balaban J connectivity index is 4.11. The fourth-order valence-electron chi connectivity index (χ4n) is 0.316. The Bertz CT molecular complexity index is 222. The first-order chi connectivity index (χ1) is 5.22. The van der Waals surface area contributed by atoms with Gasteiger partial charge in [0, 0.05) is 6.08 Å². The second-order valence-electron chi connectivity index (χ2n) is 1.46. The van der Waals surface area contributed by atoms with E-state index in [1.807, 2.05) is 0 Å². The predicted molar refractivity (Wildman–Crippen MR) is 40.8 cm³/mol. The molecule has 0 aliphatic carbocycles. The monoisotopic (exact) mass is 174 g/mol. The summed E-state index contributed by atoms with van der Waals surface area (Å²) in [4.78, 5) is 10.6. The number of hydrogen-bond donors (Lipinski definition) is 1. The molecule has 0 atom stereocenters. The molecule has 0 bridgehead atoms. The topological polar surface area (TPSA) is 46.5 Å². The molecule has 0 unspecified atom stereocenters. The SMILES string of the molecule is COC(=O)C(Cl)=CC#CCO. The number of aliphatic hydroxyl groups excluding tert-OH is 1. The van der Waals surface area contributed by atoms with Crippen molar-refractivity contribution in [3.05, 3.63) is 11.1 Å². The van der Waals surface area contributed by atoms with Crippen molar-refractivity contribution in [1.29, 1.82) is 0 Å². The number of hydrogen-bond acceptors (Lipinski definition) is 3. The van der Waals surface area contributed by atoms with E-state index in [2.05, 4.69) is 16.6 Å². The van der Waals surface area contributed by atoms with Crippen molar-refractivity contribution < 1.29 is 14.6 Å². The van der Waals surface area contributed by atoms with Crippen LogP contribution in [0, 0.1) is 11.8 Å². The molecule has 0 spiro atoms. The van der Waals surface area contributed by atoms with E-state index in [0.29, 0.717) is 0 Å². The third-order valence-electron chi connectivity index (χ3n) is 0.760. The van der Waals surface area contributed by atoms with Crippen molar-refractivity contribution in [2.24, 2.45) is 0 Å². The zero-order valence-electron chi connectivity index (χ0n) is 5.93. The number of rotatable bonds is 1. The summed E-state index contributed by atoms with van der Waals surface area (Å²) in [5.41, 5.74) is 0. The van der Waals surface area contributed by atoms with Crippen LogP contribution in [0.4, 0.5) is 0 Å². The minimum atomic E-state index is -0.640. The third kappa shape index (κ3) is 4.43. The van der Waals surface area contributed by atoms with Crippen LogP contribution in [0.5, 0.6) is 0 Å². The molecule has 0 aromatic rings. The van der Waals surface area contributed by atoms with E-state index in [1.54, 1.807) is 0 Å². The summed E-state index contributed by atoms with van der Waals surface area (Å²) >= 11 is 5.37. The number of ether oxygens (including phenoxy) is 1. The van der Waals surface area contributed by atoms with Gasteiger partial charge < -0.3 is 9.84 Å². The maximum Gasteiger partial charge on any atom is 0.350 e. The summed E-state index contributed by atoms with van der Waals surface area (Å²) in [5, 5.41) is 8.11. The van der Waals surface area contributed by atoms with Gasteiger partial charge >= 0.3 is 5.97 Å². The lowest BCUT2D eigenvalue weighted by Gasteiger charge is -1.91. The van der Waals surface area contributed by atoms with Crippen molar-refractivity contribution in [3.8, 4) is 11.8 Å². The van der Waals surface area contributed by atoms with Gasteiger partial charge in [-0.3, -0.25) is 0 Å².